The first-order valence-corrected chi connectivity index (χ1v) is 7.16. The minimum atomic E-state index is 0.210. The van der Waals surface area contributed by atoms with Gasteiger partial charge in [0, 0.05) is 16.0 Å². The number of nitrogens with one attached hydrogen (secondary N) is 1. The summed E-state index contributed by atoms with van der Waals surface area (Å²) in [6.45, 7) is 0. The van der Waals surface area contributed by atoms with Gasteiger partial charge in [0.25, 0.3) is 0 Å². The lowest BCUT2D eigenvalue weighted by Crippen LogP contribution is -2.03. The smallest absolute Gasteiger partial charge is 0.120 e. The first-order valence-electron chi connectivity index (χ1n) is 6.28. The average Bonchev–Trinajstić information content (AvgIpc) is 2.90. The molecular formula is C16H12N2S. The molecule has 0 saturated carbocycles. The Morgan fingerprint density at radius 3 is 2.68 bits per heavy atom. The van der Waals surface area contributed by atoms with E-state index in [4.69, 9.17) is 4.98 Å². The Labute approximate surface area is 115 Å². The van der Waals surface area contributed by atoms with Crippen LogP contribution in [0.1, 0.15) is 11.1 Å². The van der Waals surface area contributed by atoms with Crippen LogP contribution < -0.4 is 5.32 Å². The molecule has 1 unspecified atom stereocenters. The van der Waals surface area contributed by atoms with Gasteiger partial charge < -0.3 is 5.32 Å². The molecule has 1 atom stereocenters. The summed E-state index contributed by atoms with van der Waals surface area (Å²) >= 11 is 1.82. The number of thioether (sulfide) groups is 1. The summed E-state index contributed by atoms with van der Waals surface area (Å²) in [5, 5.41) is 4.91. The van der Waals surface area contributed by atoms with Gasteiger partial charge in [0.2, 0.25) is 0 Å². The Morgan fingerprint density at radius 1 is 0.895 bits per heavy atom. The van der Waals surface area contributed by atoms with Crippen molar-refractivity contribution >= 4 is 28.4 Å². The van der Waals surface area contributed by atoms with E-state index in [1.165, 1.54) is 16.0 Å². The third-order valence-corrected chi connectivity index (χ3v) is 4.51. The number of aromatic nitrogens is 1. The zero-order chi connectivity index (χ0) is 12.7. The van der Waals surface area contributed by atoms with Crippen molar-refractivity contribution in [2.75, 3.05) is 5.32 Å². The van der Waals surface area contributed by atoms with Gasteiger partial charge in [-0.3, -0.25) is 0 Å². The summed E-state index contributed by atoms with van der Waals surface area (Å²) in [6, 6.07) is 20.9. The fourth-order valence-electron chi connectivity index (χ4n) is 2.35. The van der Waals surface area contributed by atoms with E-state index in [2.05, 4.69) is 53.8 Å². The van der Waals surface area contributed by atoms with Crippen LogP contribution >= 0.6 is 11.8 Å². The molecule has 3 heteroatoms. The Bertz CT molecular complexity index is 729. The molecule has 0 saturated heterocycles. The van der Waals surface area contributed by atoms with Gasteiger partial charge in [-0.2, -0.15) is 0 Å². The van der Waals surface area contributed by atoms with E-state index in [1.54, 1.807) is 0 Å². The van der Waals surface area contributed by atoms with Crippen LogP contribution in [-0.2, 0) is 0 Å². The van der Waals surface area contributed by atoms with Gasteiger partial charge in [0.1, 0.15) is 5.37 Å². The fraction of sp³-hybridized carbons (Fsp3) is 0.0625. The number of hydrogen-bond donors (Lipinski definition) is 1. The van der Waals surface area contributed by atoms with E-state index in [-0.39, 0.29) is 5.37 Å². The van der Waals surface area contributed by atoms with Crippen molar-refractivity contribution in [2.24, 2.45) is 0 Å². The maximum absolute atomic E-state index is 4.76. The zero-order valence-electron chi connectivity index (χ0n) is 10.2. The van der Waals surface area contributed by atoms with E-state index >= 15 is 0 Å². The summed E-state index contributed by atoms with van der Waals surface area (Å²) in [5.41, 5.74) is 3.34. The summed E-state index contributed by atoms with van der Waals surface area (Å²) in [4.78, 5) is 6.05. The second-order valence-electron chi connectivity index (χ2n) is 4.57. The second-order valence-corrected chi connectivity index (χ2v) is 5.71. The molecule has 0 spiro atoms. The summed E-state index contributed by atoms with van der Waals surface area (Å²) < 4.78 is 0. The Hall–Kier alpha value is -2.00. The van der Waals surface area contributed by atoms with Gasteiger partial charge in [0.05, 0.1) is 11.2 Å². The van der Waals surface area contributed by atoms with Gasteiger partial charge in [-0.15, -0.1) is 0 Å². The molecule has 0 fully saturated rings. The van der Waals surface area contributed by atoms with Crippen molar-refractivity contribution < 1.29 is 0 Å². The number of nitrogens with zero attached hydrogens (tertiary/aromatic N) is 1. The summed E-state index contributed by atoms with van der Waals surface area (Å²) in [5.74, 6) is 0. The van der Waals surface area contributed by atoms with Crippen molar-refractivity contribution in [2.45, 2.75) is 10.3 Å². The first kappa shape index (κ1) is 10.9. The SMILES string of the molecule is c1ccc2c(c1)NC(c1ccc3ccccc3n1)S2. The molecule has 0 aliphatic carbocycles. The molecule has 19 heavy (non-hydrogen) atoms. The summed E-state index contributed by atoms with van der Waals surface area (Å²) in [6.07, 6.45) is 0. The topological polar surface area (TPSA) is 24.9 Å². The third-order valence-electron chi connectivity index (χ3n) is 3.31. The van der Waals surface area contributed by atoms with Gasteiger partial charge in [0.15, 0.2) is 0 Å². The molecule has 4 rings (SSSR count). The maximum Gasteiger partial charge on any atom is 0.120 e. The number of pyridine rings is 1. The van der Waals surface area contributed by atoms with Crippen molar-refractivity contribution in [1.29, 1.82) is 0 Å². The number of rotatable bonds is 1. The number of para-hydroxylation sites is 2. The molecule has 1 N–H and O–H groups in total. The highest BCUT2D eigenvalue weighted by molar-refractivity contribution is 8.00. The lowest BCUT2D eigenvalue weighted by atomic mass is 10.2. The molecular weight excluding hydrogens is 252 g/mol. The van der Waals surface area contributed by atoms with Crippen molar-refractivity contribution in [3.8, 4) is 0 Å². The molecule has 1 aromatic heterocycles. The van der Waals surface area contributed by atoms with Crippen molar-refractivity contribution in [3.05, 3.63) is 66.4 Å². The van der Waals surface area contributed by atoms with E-state index in [1.807, 2.05) is 23.9 Å². The molecule has 2 nitrogen and oxygen atoms in total. The lowest BCUT2D eigenvalue weighted by Gasteiger charge is -2.10. The van der Waals surface area contributed by atoms with Gasteiger partial charge >= 0.3 is 0 Å². The highest BCUT2D eigenvalue weighted by Gasteiger charge is 2.23. The summed E-state index contributed by atoms with van der Waals surface area (Å²) in [7, 11) is 0. The number of anilines is 1. The molecule has 1 aliphatic rings. The number of benzene rings is 2. The monoisotopic (exact) mass is 264 g/mol. The van der Waals surface area contributed by atoms with Crippen LogP contribution in [0.2, 0.25) is 0 Å². The minimum absolute atomic E-state index is 0.210. The van der Waals surface area contributed by atoms with E-state index in [9.17, 15) is 0 Å². The highest BCUT2D eigenvalue weighted by Crippen LogP contribution is 2.45. The fourth-order valence-corrected chi connectivity index (χ4v) is 3.45. The van der Waals surface area contributed by atoms with E-state index in [0.717, 1.165) is 11.2 Å². The predicted octanol–water partition coefficient (Wildman–Crippen LogP) is 4.45. The highest BCUT2D eigenvalue weighted by atomic mass is 32.2. The standard InChI is InChI=1S/C16H12N2S/c1-2-6-12-11(5-1)9-10-14(17-12)16-18-13-7-3-4-8-15(13)19-16/h1-10,16,18H. The van der Waals surface area contributed by atoms with Gasteiger partial charge in [-0.1, -0.05) is 48.2 Å². The van der Waals surface area contributed by atoms with Crippen LogP contribution in [0.15, 0.2) is 65.6 Å². The number of hydrogen-bond acceptors (Lipinski definition) is 3. The number of fused-ring (bicyclic) bond motifs is 2. The van der Waals surface area contributed by atoms with E-state index < -0.39 is 0 Å². The van der Waals surface area contributed by atoms with Crippen LogP contribution in [0.3, 0.4) is 0 Å². The average molecular weight is 264 g/mol. The zero-order valence-corrected chi connectivity index (χ0v) is 11.0. The molecule has 2 heterocycles. The van der Waals surface area contributed by atoms with Crippen molar-refractivity contribution in [3.63, 3.8) is 0 Å². The van der Waals surface area contributed by atoms with Crippen LogP contribution in [0.25, 0.3) is 10.9 Å². The maximum atomic E-state index is 4.76. The van der Waals surface area contributed by atoms with Crippen LogP contribution in [0.5, 0.6) is 0 Å². The lowest BCUT2D eigenvalue weighted by molar-refractivity contribution is 1.05. The normalized spacial score (nSPS) is 17.2. The largest absolute Gasteiger partial charge is 0.367 e. The Balaban J connectivity index is 1.73. The Morgan fingerprint density at radius 2 is 1.74 bits per heavy atom. The molecule has 1 aliphatic heterocycles. The quantitative estimate of drug-likeness (QED) is 0.703. The van der Waals surface area contributed by atoms with Crippen LogP contribution in [0.4, 0.5) is 5.69 Å². The minimum Gasteiger partial charge on any atom is -0.367 e. The third kappa shape index (κ3) is 1.87. The van der Waals surface area contributed by atoms with Gasteiger partial charge in [-0.05, 0) is 24.3 Å². The Kier molecular flexibility index (Phi) is 2.45. The molecule has 3 aromatic rings. The molecule has 0 bridgehead atoms. The molecule has 0 amide bonds. The predicted molar refractivity (Wildman–Crippen MR) is 80.4 cm³/mol. The van der Waals surface area contributed by atoms with Crippen LogP contribution in [0, 0.1) is 0 Å². The van der Waals surface area contributed by atoms with Gasteiger partial charge in [-0.25, -0.2) is 4.98 Å². The molecule has 2 aromatic carbocycles. The molecule has 0 radical (unpaired) electrons. The second kappa shape index (κ2) is 4.28. The van der Waals surface area contributed by atoms with Crippen molar-refractivity contribution in [1.82, 2.24) is 4.98 Å². The van der Waals surface area contributed by atoms with Crippen LogP contribution in [-0.4, -0.2) is 4.98 Å². The first-order chi connectivity index (χ1) is 9.40. The van der Waals surface area contributed by atoms with E-state index in [0.29, 0.717) is 0 Å². The molecule has 92 valence electrons.